The predicted octanol–water partition coefficient (Wildman–Crippen LogP) is 3.00. The van der Waals surface area contributed by atoms with Crippen LogP contribution < -0.4 is 10.5 Å². The summed E-state index contributed by atoms with van der Waals surface area (Å²) in [5.74, 6) is -0.688. The first kappa shape index (κ1) is 15.1. The highest BCUT2D eigenvalue weighted by molar-refractivity contribution is 5.91. The van der Waals surface area contributed by atoms with E-state index < -0.39 is 23.0 Å². The molecule has 0 radical (unpaired) electrons. The lowest BCUT2D eigenvalue weighted by atomic mass is 10.1. The molecule has 0 spiro atoms. The molecule has 2 aromatic heterocycles. The van der Waals surface area contributed by atoms with E-state index in [2.05, 4.69) is 15.0 Å². The van der Waals surface area contributed by atoms with Gasteiger partial charge in [-0.05, 0) is 19.1 Å². The fourth-order valence-corrected chi connectivity index (χ4v) is 2.15. The zero-order valence-corrected chi connectivity index (χ0v) is 11.8. The van der Waals surface area contributed by atoms with Crippen molar-refractivity contribution in [1.82, 2.24) is 15.0 Å². The minimum atomic E-state index is -4.62. The number of fused-ring (bicyclic) bond motifs is 1. The largest absolute Gasteiger partial charge is 0.477 e. The van der Waals surface area contributed by atoms with E-state index in [0.29, 0.717) is 6.61 Å². The number of hydrogen-bond acceptors (Lipinski definition) is 5. The Balaban J connectivity index is 2.17. The van der Waals surface area contributed by atoms with Gasteiger partial charge in [0.25, 0.3) is 0 Å². The van der Waals surface area contributed by atoms with Crippen molar-refractivity contribution in [2.75, 3.05) is 6.61 Å². The van der Waals surface area contributed by atoms with Crippen LogP contribution in [0.15, 0.2) is 33.7 Å². The number of nitrogens with zero attached hydrogens (tertiary/aromatic N) is 2. The van der Waals surface area contributed by atoms with Crippen LogP contribution in [0.3, 0.4) is 0 Å². The van der Waals surface area contributed by atoms with Gasteiger partial charge < -0.3 is 9.15 Å². The molecule has 0 unspecified atom stereocenters. The molecule has 0 saturated heterocycles. The number of aromatic nitrogens is 3. The van der Waals surface area contributed by atoms with Gasteiger partial charge in [0.2, 0.25) is 5.88 Å². The highest BCUT2D eigenvalue weighted by Crippen LogP contribution is 2.37. The number of H-pyrrole nitrogens is 1. The Morgan fingerprint density at radius 1 is 1.26 bits per heavy atom. The summed E-state index contributed by atoms with van der Waals surface area (Å²) in [6.45, 7) is 2.19. The molecule has 0 aliphatic heterocycles. The Morgan fingerprint density at radius 3 is 2.65 bits per heavy atom. The van der Waals surface area contributed by atoms with Crippen LogP contribution in [-0.2, 0) is 6.18 Å². The van der Waals surface area contributed by atoms with Gasteiger partial charge in [-0.3, -0.25) is 4.98 Å². The van der Waals surface area contributed by atoms with Gasteiger partial charge in [-0.1, -0.05) is 0 Å². The second-order valence-corrected chi connectivity index (χ2v) is 4.55. The van der Waals surface area contributed by atoms with E-state index in [-0.39, 0.29) is 22.7 Å². The summed E-state index contributed by atoms with van der Waals surface area (Å²) in [7, 11) is 0. The van der Waals surface area contributed by atoms with Crippen LogP contribution in [-0.4, -0.2) is 21.6 Å². The fraction of sp³-hybridized carbons (Fsp3) is 0.214. The molecule has 3 aromatic rings. The molecule has 0 aliphatic rings. The van der Waals surface area contributed by atoms with Crippen LogP contribution in [0.1, 0.15) is 12.5 Å². The second-order valence-electron chi connectivity index (χ2n) is 4.55. The molecule has 120 valence electrons. The molecule has 0 amide bonds. The van der Waals surface area contributed by atoms with Crippen LogP contribution in [0.2, 0.25) is 0 Å². The Hall–Kier alpha value is -2.84. The molecule has 1 aromatic carbocycles. The lowest BCUT2D eigenvalue weighted by molar-refractivity contribution is -0.136. The minimum absolute atomic E-state index is 0.219. The molecular weight excluding hydrogens is 315 g/mol. The van der Waals surface area contributed by atoms with Gasteiger partial charge >= 0.3 is 11.9 Å². The van der Waals surface area contributed by atoms with E-state index in [1.165, 1.54) is 18.5 Å². The highest BCUT2D eigenvalue weighted by Gasteiger charge is 2.34. The minimum Gasteiger partial charge on any atom is -0.477 e. The third-order valence-corrected chi connectivity index (χ3v) is 3.08. The number of hydrogen-bond donors (Lipinski definition) is 1. The van der Waals surface area contributed by atoms with Crippen molar-refractivity contribution in [3.05, 3.63) is 40.6 Å². The number of nitrogens with one attached hydrogen (secondary N) is 1. The maximum Gasteiger partial charge on any atom is 0.418 e. The van der Waals surface area contributed by atoms with Crippen LogP contribution >= 0.6 is 0 Å². The van der Waals surface area contributed by atoms with Crippen molar-refractivity contribution < 1.29 is 22.3 Å². The molecule has 2 heterocycles. The van der Waals surface area contributed by atoms with Gasteiger partial charge in [0.1, 0.15) is 5.52 Å². The molecule has 0 atom stereocenters. The normalized spacial score (nSPS) is 11.8. The monoisotopic (exact) mass is 325 g/mol. The number of oxazole rings is 1. The standard InChI is InChI=1S/C14H10F3N3O3/c1-2-22-10-6-18-9(5-19-10)7-3-4-8(14(15,16)17)11-12(7)23-13(21)20-11/h3-6H,2H2,1H3,(H,20,21). The topological polar surface area (TPSA) is 81.0 Å². The summed E-state index contributed by atoms with van der Waals surface area (Å²) in [6, 6.07) is 2.05. The third-order valence-electron chi connectivity index (χ3n) is 3.08. The van der Waals surface area contributed by atoms with Crippen molar-refractivity contribution in [2.24, 2.45) is 0 Å². The molecule has 9 heteroatoms. The molecule has 23 heavy (non-hydrogen) atoms. The van der Waals surface area contributed by atoms with Gasteiger partial charge in [-0.2, -0.15) is 13.2 Å². The summed E-state index contributed by atoms with van der Waals surface area (Å²) in [5.41, 5.74) is -1.14. The molecule has 3 rings (SSSR count). The average molecular weight is 325 g/mol. The molecule has 0 aliphatic carbocycles. The summed E-state index contributed by atoms with van der Waals surface area (Å²) < 4.78 is 49.0. The zero-order valence-electron chi connectivity index (χ0n) is 11.8. The predicted molar refractivity (Wildman–Crippen MR) is 74.0 cm³/mol. The fourth-order valence-electron chi connectivity index (χ4n) is 2.15. The first-order valence-corrected chi connectivity index (χ1v) is 6.58. The second kappa shape index (κ2) is 5.41. The van der Waals surface area contributed by atoms with E-state index in [1.807, 2.05) is 0 Å². The van der Waals surface area contributed by atoms with Crippen molar-refractivity contribution in [3.8, 4) is 17.1 Å². The van der Waals surface area contributed by atoms with Gasteiger partial charge in [0.15, 0.2) is 5.58 Å². The van der Waals surface area contributed by atoms with E-state index in [4.69, 9.17) is 9.15 Å². The van der Waals surface area contributed by atoms with Gasteiger partial charge in [-0.25, -0.2) is 14.8 Å². The Morgan fingerprint density at radius 2 is 2.04 bits per heavy atom. The SMILES string of the molecule is CCOc1cnc(-c2ccc(C(F)(F)F)c3[nH]c(=O)oc23)cn1. The van der Waals surface area contributed by atoms with E-state index >= 15 is 0 Å². The maximum absolute atomic E-state index is 13.0. The average Bonchev–Trinajstić information content (AvgIpc) is 2.87. The first-order valence-electron chi connectivity index (χ1n) is 6.58. The van der Waals surface area contributed by atoms with E-state index in [1.54, 1.807) is 6.92 Å². The smallest absolute Gasteiger partial charge is 0.418 e. The number of ether oxygens (including phenoxy) is 1. The molecule has 6 nitrogen and oxygen atoms in total. The number of benzene rings is 1. The van der Waals surface area contributed by atoms with Crippen molar-refractivity contribution >= 4 is 11.1 Å². The van der Waals surface area contributed by atoms with Crippen LogP contribution in [0.25, 0.3) is 22.4 Å². The quantitative estimate of drug-likeness (QED) is 0.800. The van der Waals surface area contributed by atoms with Crippen LogP contribution in [0.5, 0.6) is 5.88 Å². The summed E-state index contributed by atoms with van der Waals surface area (Å²) >= 11 is 0. The zero-order chi connectivity index (χ0) is 16.6. The number of rotatable bonds is 3. The summed E-state index contributed by atoms with van der Waals surface area (Å²) in [4.78, 5) is 21.5. The first-order chi connectivity index (χ1) is 10.9. The van der Waals surface area contributed by atoms with Crippen LogP contribution in [0, 0.1) is 0 Å². The molecule has 1 N–H and O–H groups in total. The summed E-state index contributed by atoms with van der Waals surface area (Å²) in [6.07, 6.45) is -1.94. The van der Waals surface area contributed by atoms with E-state index in [9.17, 15) is 18.0 Å². The Kier molecular flexibility index (Phi) is 3.55. The highest BCUT2D eigenvalue weighted by atomic mass is 19.4. The Labute approximate surface area is 126 Å². The van der Waals surface area contributed by atoms with Crippen LogP contribution in [0.4, 0.5) is 13.2 Å². The van der Waals surface area contributed by atoms with Crippen molar-refractivity contribution in [2.45, 2.75) is 13.1 Å². The van der Waals surface area contributed by atoms with Gasteiger partial charge in [-0.15, -0.1) is 0 Å². The lowest BCUT2D eigenvalue weighted by Crippen LogP contribution is -2.06. The van der Waals surface area contributed by atoms with Gasteiger partial charge in [0.05, 0.1) is 30.3 Å². The van der Waals surface area contributed by atoms with E-state index in [0.717, 1.165) is 6.07 Å². The van der Waals surface area contributed by atoms with Crippen molar-refractivity contribution in [3.63, 3.8) is 0 Å². The lowest BCUT2D eigenvalue weighted by Gasteiger charge is -2.09. The molecule has 0 fully saturated rings. The number of aromatic amines is 1. The Bertz CT molecular complexity index is 898. The van der Waals surface area contributed by atoms with Gasteiger partial charge in [0, 0.05) is 5.56 Å². The molecular formula is C14H10F3N3O3. The number of alkyl halides is 3. The van der Waals surface area contributed by atoms with Crippen molar-refractivity contribution in [1.29, 1.82) is 0 Å². The maximum atomic E-state index is 13.0. The molecule has 0 saturated carbocycles. The third kappa shape index (κ3) is 2.77. The number of halogens is 3. The molecule has 0 bridgehead atoms. The summed E-state index contributed by atoms with van der Waals surface area (Å²) in [5, 5.41) is 0.